The summed E-state index contributed by atoms with van der Waals surface area (Å²) in [5.41, 5.74) is 2.48. The molecule has 176 valence electrons. The first-order valence-corrected chi connectivity index (χ1v) is 12.3. The molecule has 9 nitrogen and oxygen atoms in total. The number of benzene rings is 1. The first-order chi connectivity index (χ1) is 16.4. The van der Waals surface area contributed by atoms with Crippen LogP contribution in [-0.4, -0.2) is 47.3 Å². The number of methoxy groups -OCH3 is 1. The second-order valence-corrected chi connectivity index (χ2v) is 9.73. The molecule has 4 rings (SSSR count). The highest BCUT2D eigenvalue weighted by Crippen LogP contribution is 2.23. The summed E-state index contributed by atoms with van der Waals surface area (Å²) in [6.07, 6.45) is 7.03. The summed E-state index contributed by atoms with van der Waals surface area (Å²) in [4.78, 5) is 13.1. The van der Waals surface area contributed by atoms with Crippen LogP contribution in [0, 0.1) is 0 Å². The van der Waals surface area contributed by atoms with E-state index in [1.165, 1.54) is 0 Å². The minimum Gasteiger partial charge on any atom is -0.481 e. The lowest BCUT2D eigenvalue weighted by atomic mass is 10.1. The van der Waals surface area contributed by atoms with Gasteiger partial charge in [0.15, 0.2) is 9.84 Å². The Morgan fingerprint density at radius 2 is 1.79 bits per heavy atom. The zero-order chi connectivity index (χ0) is 24.0. The van der Waals surface area contributed by atoms with Crippen LogP contribution in [0.15, 0.2) is 78.2 Å². The fourth-order valence-corrected chi connectivity index (χ4v) is 4.56. The van der Waals surface area contributed by atoms with E-state index in [-0.39, 0.29) is 10.6 Å². The highest BCUT2D eigenvalue weighted by atomic mass is 32.2. The Morgan fingerprint density at radius 3 is 2.44 bits per heavy atom. The molecule has 1 aromatic carbocycles. The smallest absolute Gasteiger partial charge is 0.212 e. The Kier molecular flexibility index (Phi) is 7.19. The van der Waals surface area contributed by atoms with Crippen molar-refractivity contribution in [3.8, 4) is 17.0 Å². The number of aromatic nitrogens is 4. The maximum absolute atomic E-state index is 12.8. The highest BCUT2D eigenvalue weighted by Gasteiger charge is 2.15. The Bertz CT molecular complexity index is 1340. The average Bonchev–Trinajstić information content (AvgIpc) is 3.27. The first-order valence-electron chi connectivity index (χ1n) is 10.7. The molecule has 0 unspecified atom stereocenters. The fourth-order valence-electron chi connectivity index (χ4n) is 3.32. The molecule has 0 saturated carbocycles. The minimum atomic E-state index is -3.44. The predicted octanol–water partition coefficient (Wildman–Crippen LogP) is 3.19. The van der Waals surface area contributed by atoms with Crippen LogP contribution >= 0.6 is 0 Å². The molecule has 0 spiro atoms. The van der Waals surface area contributed by atoms with Gasteiger partial charge < -0.3 is 19.9 Å². The van der Waals surface area contributed by atoms with E-state index in [0.717, 1.165) is 17.0 Å². The van der Waals surface area contributed by atoms with E-state index in [1.807, 2.05) is 36.0 Å². The summed E-state index contributed by atoms with van der Waals surface area (Å²) in [7, 11) is 0.0330. The van der Waals surface area contributed by atoms with Crippen LogP contribution in [0.2, 0.25) is 0 Å². The largest absolute Gasteiger partial charge is 0.481 e. The Morgan fingerprint density at radius 1 is 1.00 bits per heavy atom. The van der Waals surface area contributed by atoms with E-state index < -0.39 is 9.84 Å². The van der Waals surface area contributed by atoms with Crippen molar-refractivity contribution < 1.29 is 13.2 Å². The maximum atomic E-state index is 12.8. The van der Waals surface area contributed by atoms with E-state index in [0.29, 0.717) is 30.5 Å². The lowest BCUT2D eigenvalue weighted by molar-refractivity contribution is 0.398. The van der Waals surface area contributed by atoms with Gasteiger partial charge in [0.1, 0.15) is 11.6 Å². The summed E-state index contributed by atoms with van der Waals surface area (Å²) in [6.45, 7) is 0.838. The molecule has 0 atom stereocenters. The maximum Gasteiger partial charge on any atom is 0.212 e. The predicted molar refractivity (Wildman–Crippen MR) is 131 cm³/mol. The minimum absolute atomic E-state index is 0.0102. The number of hydrogen-bond acceptors (Lipinski definition) is 8. The molecule has 4 aromatic rings. The van der Waals surface area contributed by atoms with Gasteiger partial charge in [-0.15, -0.1) is 0 Å². The number of nitrogens with one attached hydrogen (secondary N) is 2. The van der Waals surface area contributed by atoms with Crippen LogP contribution in [0.25, 0.3) is 11.1 Å². The average molecular weight is 479 g/mol. The normalized spacial score (nSPS) is 11.4. The number of imidazole rings is 1. The molecule has 0 aliphatic heterocycles. The van der Waals surface area contributed by atoms with E-state index in [4.69, 9.17) is 4.74 Å². The standard InChI is InChI=1S/C24H26N6O3S/c1-30-12-10-26-23(30)17-25-11-13-34(31,32)21-5-3-4-20(14-21)29-22-8-6-18(15-27-22)19-7-9-24(33-2)28-16-19/h3-10,12,14-16,25H,11,13,17H2,1-2H3,(H,27,29). The number of pyridine rings is 2. The van der Waals surface area contributed by atoms with Crippen molar-refractivity contribution in [2.24, 2.45) is 7.05 Å². The number of hydrogen-bond donors (Lipinski definition) is 2. The van der Waals surface area contributed by atoms with Crippen molar-refractivity contribution in [1.82, 2.24) is 24.8 Å². The van der Waals surface area contributed by atoms with Gasteiger partial charge in [-0.3, -0.25) is 0 Å². The monoisotopic (exact) mass is 478 g/mol. The molecule has 2 N–H and O–H groups in total. The Hall–Kier alpha value is -3.76. The number of aryl methyl sites for hydroxylation is 1. The van der Waals surface area contributed by atoms with Gasteiger partial charge in [0, 0.05) is 61.3 Å². The number of anilines is 2. The van der Waals surface area contributed by atoms with Crippen molar-refractivity contribution in [1.29, 1.82) is 0 Å². The quantitative estimate of drug-likeness (QED) is 0.334. The number of sulfone groups is 1. The summed E-state index contributed by atoms with van der Waals surface area (Å²) in [6, 6.07) is 14.2. The molecule has 3 heterocycles. The van der Waals surface area contributed by atoms with Crippen LogP contribution in [0.4, 0.5) is 11.5 Å². The Labute approximate surface area is 198 Å². The molecule has 0 aliphatic rings. The summed E-state index contributed by atoms with van der Waals surface area (Å²) >= 11 is 0. The van der Waals surface area contributed by atoms with Gasteiger partial charge in [-0.2, -0.15) is 0 Å². The van der Waals surface area contributed by atoms with Gasteiger partial charge in [0.2, 0.25) is 5.88 Å². The van der Waals surface area contributed by atoms with Crippen LogP contribution in [0.1, 0.15) is 5.82 Å². The topological polar surface area (TPSA) is 111 Å². The molecule has 3 aromatic heterocycles. The number of ether oxygens (including phenoxy) is 1. The van der Waals surface area contributed by atoms with Gasteiger partial charge in [-0.05, 0) is 36.4 Å². The highest BCUT2D eigenvalue weighted by molar-refractivity contribution is 7.91. The lowest BCUT2D eigenvalue weighted by Gasteiger charge is -2.10. The van der Waals surface area contributed by atoms with Gasteiger partial charge in [0.25, 0.3) is 0 Å². The van der Waals surface area contributed by atoms with Crippen LogP contribution < -0.4 is 15.4 Å². The summed E-state index contributed by atoms with van der Waals surface area (Å²) < 4.78 is 32.6. The molecule has 0 bridgehead atoms. The molecule has 10 heteroatoms. The van der Waals surface area contributed by atoms with Crippen LogP contribution in [0.5, 0.6) is 5.88 Å². The molecule has 0 saturated heterocycles. The van der Waals surface area contributed by atoms with Crippen molar-refractivity contribution >= 4 is 21.3 Å². The molecule has 34 heavy (non-hydrogen) atoms. The van der Waals surface area contributed by atoms with Gasteiger partial charge in [0.05, 0.1) is 24.3 Å². The van der Waals surface area contributed by atoms with Gasteiger partial charge in [-0.1, -0.05) is 6.07 Å². The van der Waals surface area contributed by atoms with E-state index in [2.05, 4.69) is 25.6 Å². The van der Waals surface area contributed by atoms with E-state index in [1.54, 1.807) is 56.0 Å². The van der Waals surface area contributed by atoms with Crippen molar-refractivity contribution in [3.05, 3.63) is 79.1 Å². The van der Waals surface area contributed by atoms with Crippen LogP contribution in [0.3, 0.4) is 0 Å². The Balaban J connectivity index is 1.37. The molecule has 0 aliphatic carbocycles. The van der Waals surface area contributed by atoms with Gasteiger partial charge in [-0.25, -0.2) is 23.4 Å². The van der Waals surface area contributed by atoms with E-state index in [9.17, 15) is 8.42 Å². The molecule has 0 radical (unpaired) electrons. The van der Waals surface area contributed by atoms with E-state index >= 15 is 0 Å². The SMILES string of the molecule is COc1ccc(-c2ccc(Nc3cccc(S(=O)(=O)CCNCc4nccn4C)c3)nc2)cn1. The third kappa shape index (κ3) is 5.77. The number of rotatable bonds is 10. The van der Waals surface area contributed by atoms with Crippen LogP contribution in [-0.2, 0) is 23.4 Å². The van der Waals surface area contributed by atoms with Gasteiger partial charge >= 0.3 is 0 Å². The molecular weight excluding hydrogens is 452 g/mol. The zero-order valence-corrected chi connectivity index (χ0v) is 19.8. The lowest BCUT2D eigenvalue weighted by Crippen LogP contribution is -2.24. The number of nitrogens with zero attached hydrogens (tertiary/aromatic N) is 4. The van der Waals surface area contributed by atoms with Crippen molar-refractivity contribution in [2.45, 2.75) is 11.4 Å². The second-order valence-electron chi connectivity index (χ2n) is 7.62. The summed E-state index contributed by atoms with van der Waals surface area (Å²) in [5.74, 6) is 2.00. The molecular formula is C24H26N6O3S. The summed E-state index contributed by atoms with van der Waals surface area (Å²) in [5, 5.41) is 6.30. The molecule has 0 amide bonds. The van der Waals surface area contributed by atoms with Crippen molar-refractivity contribution in [3.63, 3.8) is 0 Å². The first kappa shape index (κ1) is 23.4. The zero-order valence-electron chi connectivity index (χ0n) is 19.0. The fraction of sp³-hybridized carbons (Fsp3) is 0.208. The van der Waals surface area contributed by atoms with Crippen molar-refractivity contribution in [2.75, 3.05) is 24.7 Å². The molecule has 0 fully saturated rings. The third-order valence-corrected chi connectivity index (χ3v) is 6.97. The third-order valence-electron chi connectivity index (χ3n) is 5.26. The second kappa shape index (κ2) is 10.4.